The Kier molecular flexibility index (Phi) is 13.9. The molecule has 22 nitrogen and oxygen atoms in total. The fourth-order valence-electron chi connectivity index (χ4n) is 5.19. The first-order valence-corrected chi connectivity index (χ1v) is 18.5. The summed E-state index contributed by atoms with van der Waals surface area (Å²) in [5.74, 6) is -0.361. The molecule has 0 bridgehead atoms. The molecule has 0 radical (unpaired) electrons. The Hall–Kier alpha value is -1.31. The Morgan fingerprint density at radius 3 is 2.42 bits per heavy atom. The van der Waals surface area contributed by atoms with Gasteiger partial charge in [-0.3, -0.25) is 18.0 Å². The molecule has 0 aromatic carbocycles. The molecular formula is C23H28N10Na2O12P2S. The van der Waals surface area contributed by atoms with Crippen LogP contribution in [-0.2, 0) is 32.4 Å². The van der Waals surface area contributed by atoms with Crippen molar-refractivity contribution in [3.8, 4) is 0 Å². The van der Waals surface area contributed by atoms with Crippen LogP contribution in [-0.4, -0.2) is 105 Å². The molecule has 6 N–H and O–H groups in total. The number of nitrogens with two attached hydrogens (primary N) is 2. The van der Waals surface area contributed by atoms with Gasteiger partial charge in [-0.2, -0.15) is 4.98 Å². The van der Waals surface area contributed by atoms with Gasteiger partial charge in [-0.15, -0.1) is 0 Å². The van der Waals surface area contributed by atoms with E-state index in [-0.39, 0.29) is 87.7 Å². The van der Waals surface area contributed by atoms with Gasteiger partial charge in [-0.1, -0.05) is 11.4 Å². The fraction of sp³-hybridized carbons (Fsp3) is 0.478. The molecule has 4 aromatic rings. The van der Waals surface area contributed by atoms with Crippen molar-refractivity contribution >= 4 is 48.7 Å². The molecule has 0 spiro atoms. The molecule has 0 amide bonds. The third-order valence-corrected chi connectivity index (χ3v) is 12.1. The second-order valence-corrected chi connectivity index (χ2v) is 16.0. The van der Waals surface area contributed by atoms with E-state index in [1.807, 2.05) is 0 Å². The summed E-state index contributed by atoms with van der Waals surface area (Å²) in [6.07, 6.45) is -4.05. The van der Waals surface area contributed by atoms with E-state index in [0.717, 1.165) is 15.2 Å². The van der Waals surface area contributed by atoms with Crippen LogP contribution in [0.15, 0.2) is 48.4 Å². The Morgan fingerprint density at radius 1 is 1.00 bits per heavy atom. The normalized spacial score (nSPS) is 28.8. The van der Waals surface area contributed by atoms with E-state index < -0.39 is 75.9 Å². The van der Waals surface area contributed by atoms with Gasteiger partial charge in [0.25, 0.3) is 7.82 Å². The minimum atomic E-state index is -5.33. The van der Waals surface area contributed by atoms with Crippen LogP contribution in [0.2, 0.25) is 0 Å². The van der Waals surface area contributed by atoms with Crippen molar-refractivity contribution in [2.75, 3.05) is 30.9 Å². The largest absolute Gasteiger partial charge is 1.00 e. The number of fused-ring (bicyclic) bond motifs is 1. The van der Waals surface area contributed by atoms with E-state index in [9.17, 15) is 33.9 Å². The number of imidazole rings is 2. The molecular weight excluding hydrogens is 748 g/mol. The number of ether oxygens (including phenoxy) is 3. The summed E-state index contributed by atoms with van der Waals surface area (Å²) in [6, 6.07) is 1.26. The van der Waals surface area contributed by atoms with Crippen molar-refractivity contribution in [2.24, 2.45) is 0 Å². The van der Waals surface area contributed by atoms with E-state index in [1.165, 1.54) is 49.0 Å². The van der Waals surface area contributed by atoms with Crippen molar-refractivity contribution in [2.45, 2.75) is 49.1 Å². The van der Waals surface area contributed by atoms with Crippen LogP contribution in [0.4, 0.5) is 11.6 Å². The van der Waals surface area contributed by atoms with Crippen LogP contribution in [0.5, 0.6) is 0 Å². The predicted octanol–water partition coefficient (Wildman–Crippen LogP) is -8.40. The van der Waals surface area contributed by atoms with E-state index in [1.54, 1.807) is 0 Å². The summed E-state index contributed by atoms with van der Waals surface area (Å²) in [4.78, 5) is 57.9. The van der Waals surface area contributed by atoms with Crippen LogP contribution >= 0.6 is 25.9 Å². The summed E-state index contributed by atoms with van der Waals surface area (Å²) in [7, 11) is -4.07. The maximum Gasteiger partial charge on any atom is 1.00 e. The third-order valence-electron chi connectivity index (χ3n) is 7.50. The number of hydrogen-bond acceptors (Lipinski definition) is 20. The molecule has 2 aliphatic heterocycles. The zero-order valence-electron chi connectivity index (χ0n) is 26.6. The van der Waals surface area contributed by atoms with Crippen LogP contribution in [0.1, 0.15) is 12.5 Å². The van der Waals surface area contributed by atoms with Crippen LogP contribution in [0.25, 0.3) is 11.2 Å². The smallest absolute Gasteiger partial charge is 0.775 e. The van der Waals surface area contributed by atoms with Crippen molar-refractivity contribution in [3.63, 3.8) is 0 Å². The number of nitrogens with zero attached hydrogens (tertiary/aromatic N) is 8. The minimum Gasteiger partial charge on any atom is -0.775 e. The molecule has 27 heteroatoms. The van der Waals surface area contributed by atoms with E-state index in [4.69, 9.17) is 34.7 Å². The predicted molar refractivity (Wildman–Crippen MR) is 159 cm³/mol. The van der Waals surface area contributed by atoms with Gasteiger partial charge < -0.3 is 59.3 Å². The van der Waals surface area contributed by atoms with Gasteiger partial charge in [0.15, 0.2) is 30.6 Å². The average molecular weight is 777 g/mol. The van der Waals surface area contributed by atoms with Gasteiger partial charge in [-0.05, 0) is 6.07 Å². The summed E-state index contributed by atoms with van der Waals surface area (Å²) < 4.78 is 57.0. The Labute approximate surface area is 330 Å². The number of aliphatic hydroxyl groups excluding tert-OH is 2. The number of phosphoric acid groups is 1. The molecule has 50 heavy (non-hydrogen) atoms. The fourth-order valence-corrected chi connectivity index (χ4v) is 8.98. The molecule has 10 atom stereocenters. The molecule has 2 fully saturated rings. The van der Waals surface area contributed by atoms with Gasteiger partial charge in [0, 0.05) is 31.5 Å². The maximum atomic E-state index is 13.2. The number of phosphoric ester groups is 1. The van der Waals surface area contributed by atoms with Crippen molar-refractivity contribution in [1.29, 1.82) is 0 Å². The molecule has 6 heterocycles. The number of rotatable bonds is 12. The molecule has 0 aliphatic carbocycles. The first kappa shape index (κ1) is 41.4. The molecule has 4 aromatic heterocycles. The number of methoxy groups -OCH3 is 1. The molecule has 0 saturated carbocycles. The SMILES string of the molecule is CO[C@@H]1[C@H](OP(=O)([O-])OC[C@H]2O[C@@H](n3ccc(N)nc3=O)[C@H](O)[C@@H]2O)[C@@H](CSP(=O)([O-])n2ccnc2)O[C@H]1n1cnc2c(N)ncnc21.[Na+].[Na+]. The van der Waals surface area contributed by atoms with Gasteiger partial charge in [0.1, 0.15) is 48.2 Å². The van der Waals surface area contributed by atoms with E-state index >= 15 is 0 Å². The van der Waals surface area contributed by atoms with Crippen LogP contribution < -0.4 is 86.1 Å². The minimum absolute atomic E-state index is 0. The summed E-state index contributed by atoms with van der Waals surface area (Å²) >= 11 is 0.453. The van der Waals surface area contributed by atoms with E-state index in [2.05, 4.69) is 24.9 Å². The van der Waals surface area contributed by atoms with Gasteiger partial charge in [0.2, 0.25) is 0 Å². The van der Waals surface area contributed by atoms with Crippen molar-refractivity contribution in [1.82, 2.24) is 38.4 Å². The molecule has 6 rings (SSSR count). The topological polar surface area (TPSA) is 315 Å². The van der Waals surface area contributed by atoms with Crippen LogP contribution in [0.3, 0.4) is 0 Å². The molecule has 2 aliphatic rings. The third kappa shape index (κ3) is 8.56. The number of hydrogen-bond donors (Lipinski definition) is 4. The second-order valence-electron chi connectivity index (χ2n) is 10.5. The second kappa shape index (κ2) is 16.8. The Morgan fingerprint density at radius 2 is 1.74 bits per heavy atom. The molecule has 2 saturated heterocycles. The van der Waals surface area contributed by atoms with Crippen LogP contribution in [0, 0.1) is 0 Å². The van der Waals surface area contributed by atoms with Gasteiger partial charge in [-0.25, -0.2) is 24.7 Å². The number of nitrogen functional groups attached to an aromatic ring is 2. The monoisotopic (exact) mass is 776 g/mol. The first-order chi connectivity index (χ1) is 22.8. The van der Waals surface area contributed by atoms with Gasteiger partial charge in [0.05, 0.1) is 25.4 Å². The summed E-state index contributed by atoms with van der Waals surface area (Å²) in [5.41, 5.74) is 11.0. The number of aromatic nitrogens is 8. The first-order valence-electron chi connectivity index (χ1n) is 13.9. The van der Waals surface area contributed by atoms with Crippen molar-refractivity contribution < 1.29 is 112 Å². The number of aliphatic hydroxyl groups is 2. The standard InChI is InChI=1S/C23H30N10O12P2S.2Na/c1-41-18-17(45-47(39,40)42-6-11-15(34)16(35)21(43-11)32-4-2-13(24)30-23(32)36)12(7-48-46(37,38)31-5-3-26-9-31)44-22(18)33-10-29-14-19(25)27-8-28-20(14)33;;/h2-5,8-12,15-18,21-22,34-35H,6-7H2,1H3,(H,37,38)(H,39,40)(H2,24,30,36)(H2,25,27,28);;/q;2*+1/p-2/t11-,12-,15-,16-,17-,18-,21-,22-;;/m1../s1. The summed E-state index contributed by atoms with van der Waals surface area (Å²) in [6.45, 7) is -5.20. The van der Waals surface area contributed by atoms with Crippen molar-refractivity contribution in [3.05, 3.63) is 54.1 Å². The zero-order chi connectivity index (χ0) is 34.4. The Balaban J connectivity index is 0.00000281. The zero-order valence-corrected chi connectivity index (χ0v) is 33.2. The molecule has 260 valence electrons. The maximum absolute atomic E-state index is 13.2. The quantitative estimate of drug-likeness (QED) is 0.0767. The number of anilines is 2. The molecule has 2 unspecified atom stereocenters. The average Bonchev–Trinajstić information content (AvgIpc) is 3.83. The van der Waals surface area contributed by atoms with Gasteiger partial charge >= 0.3 is 64.8 Å². The Bertz CT molecular complexity index is 1930. The summed E-state index contributed by atoms with van der Waals surface area (Å²) in [5, 5.41) is 21.0. The van der Waals surface area contributed by atoms with E-state index in [0.29, 0.717) is 11.4 Å².